The monoisotopic (exact) mass is 162 g/mol. The Hall–Kier alpha value is -1.11. The van der Waals surface area contributed by atoms with E-state index < -0.39 is 0 Å². The Kier molecular flexibility index (Phi) is 3.03. The Balaban J connectivity index is 2.61. The molecule has 0 aromatic carbocycles. The number of Topliss-reactive ketones (excluding diaryl/α,β-unsaturated/α-hetero) is 1. The summed E-state index contributed by atoms with van der Waals surface area (Å²) in [6, 6.07) is 0. The maximum atomic E-state index is 11.5. The molecule has 0 atom stereocenters. The standard InChI is InChI=1S/C11H14O/c1-3-5-6-9(4-2)11(12)10-7-8-10/h3-6,10H,1,7-8H2,2H3/b6-5-,9-4+. The number of carbonyl (C=O) groups excluding carboxylic acids is 1. The lowest BCUT2D eigenvalue weighted by Crippen LogP contribution is -2.01. The van der Waals surface area contributed by atoms with E-state index in [1.807, 2.05) is 19.1 Å². The fourth-order valence-corrected chi connectivity index (χ4v) is 1.07. The van der Waals surface area contributed by atoms with Crippen molar-refractivity contribution in [3.8, 4) is 0 Å². The smallest absolute Gasteiger partial charge is 0.165 e. The van der Waals surface area contributed by atoms with E-state index in [2.05, 4.69) is 6.58 Å². The maximum absolute atomic E-state index is 11.5. The predicted molar refractivity (Wildman–Crippen MR) is 50.8 cm³/mol. The van der Waals surface area contributed by atoms with Crippen molar-refractivity contribution in [2.24, 2.45) is 5.92 Å². The number of carbonyl (C=O) groups is 1. The number of rotatable bonds is 4. The van der Waals surface area contributed by atoms with Crippen molar-refractivity contribution >= 4 is 5.78 Å². The predicted octanol–water partition coefficient (Wildman–Crippen LogP) is 2.65. The highest BCUT2D eigenvalue weighted by atomic mass is 16.1. The summed E-state index contributed by atoms with van der Waals surface area (Å²) in [6.45, 7) is 5.45. The van der Waals surface area contributed by atoms with Crippen LogP contribution in [0.5, 0.6) is 0 Å². The van der Waals surface area contributed by atoms with E-state index in [-0.39, 0.29) is 5.78 Å². The number of hydrogen-bond donors (Lipinski definition) is 0. The molecule has 0 aromatic heterocycles. The molecule has 0 unspecified atom stereocenters. The summed E-state index contributed by atoms with van der Waals surface area (Å²) in [6.07, 6.45) is 9.31. The zero-order valence-corrected chi connectivity index (χ0v) is 7.42. The molecule has 0 N–H and O–H groups in total. The molecule has 1 rings (SSSR count). The SMILES string of the molecule is C=C/C=C\C(=C/C)C(=O)C1CC1. The van der Waals surface area contributed by atoms with Gasteiger partial charge in [-0.25, -0.2) is 0 Å². The minimum atomic E-state index is 0.288. The first-order valence-electron chi connectivity index (χ1n) is 4.29. The molecule has 1 heteroatoms. The molecule has 1 nitrogen and oxygen atoms in total. The summed E-state index contributed by atoms with van der Waals surface area (Å²) in [5.74, 6) is 0.598. The van der Waals surface area contributed by atoms with Gasteiger partial charge in [0.15, 0.2) is 5.78 Å². The third-order valence-electron chi connectivity index (χ3n) is 1.96. The fourth-order valence-electron chi connectivity index (χ4n) is 1.07. The number of ketones is 1. The van der Waals surface area contributed by atoms with Crippen molar-refractivity contribution in [2.45, 2.75) is 19.8 Å². The second-order valence-electron chi connectivity index (χ2n) is 2.98. The Labute approximate surface area is 73.5 Å². The van der Waals surface area contributed by atoms with E-state index in [1.54, 1.807) is 12.2 Å². The average molecular weight is 162 g/mol. The molecule has 1 saturated carbocycles. The van der Waals surface area contributed by atoms with E-state index >= 15 is 0 Å². The van der Waals surface area contributed by atoms with Crippen molar-refractivity contribution < 1.29 is 4.79 Å². The van der Waals surface area contributed by atoms with Gasteiger partial charge in [-0.05, 0) is 19.8 Å². The second-order valence-corrected chi connectivity index (χ2v) is 2.98. The van der Waals surface area contributed by atoms with Crippen LogP contribution >= 0.6 is 0 Å². The van der Waals surface area contributed by atoms with Crippen molar-refractivity contribution in [3.05, 3.63) is 36.5 Å². The lowest BCUT2D eigenvalue weighted by Gasteiger charge is -1.96. The molecule has 0 radical (unpaired) electrons. The second kappa shape index (κ2) is 4.05. The molecule has 0 bridgehead atoms. The Morgan fingerprint density at radius 1 is 1.50 bits per heavy atom. The Morgan fingerprint density at radius 2 is 2.17 bits per heavy atom. The third-order valence-corrected chi connectivity index (χ3v) is 1.96. The van der Waals surface area contributed by atoms with Crippen molar-refractivity contribution in [3.63, 3.8) is 0 Å². The van der Waals surface area contributed by atoms with E-state index in [1.165, 1.54) is 0 Å². The van der Waals surface area contributed by atoms with Crippen LogP contribution in [0, 0.1) is 5.92 Å². The van der Waals surface area contributed by atoms with Crippen LogP contribution in [0.4, 0.5) is 0 Å². The van der Waals surface area contributed by atoms with Crippen LogP contribution in [-0.4, -0.2) is 5.78 Å². The zero-order valence-electron chi connectivity index (χ0n) is 7.42. The topological polar surface area (TPSA) is 17.1 Å². The summed E-state index contributed by atoms with van der Waals surface area (Å²) >= 11 is 0. The first kappa shape index (κ1) is 8.98. The van der Waals surface area contributed by atoms with Crippen LogP contribution in [0.2, 0.25) is 0 Å². The van der Waals surface area contributed by atoms with Gasteiger partial charge in [-0.2, -0.15) is 0 Å². The zero-order chi connectivity index (χ0) is 8.97. The van der Waals surface area contributed by atoms with Gasteiger partial charge in [0.25, 0.3) is 0 Å². The molecule has 1 aliphatic rings. The van der Waals surface area contributed by atoms with Gasteiger partial charge in [0, 0.05) is 11.5 Å². The molecule has 0 saturated heterocycles. The molecule has 0 heterocycles. The van der Waals surface area contributed by atoms with Gasteiger partial charge in [0.1, 0.15) is 0 Å². The maximum Gasteiger partial charge on any atom is 0.165 e. The van der Waals surface area contributed by atoms with E-state index in [0.29, 0.717) is 5.92 Å². The molecule has 0 aliphatic heterocycles. The minimum absolute atomic E-state index is 0.288. The average Bonchev–Trinajstić information content (AvgIpc) is 2.88. The lowest BCUT2D eigenvalue weighted by atomic mass is 10.1. The molecule has 0 amide bonds. The summed E-state index contributed by atoms with van der Waals surface area (Å²) in [4.78, 5) is 11.5. The van der Waals surface area contributed by atoms with Crippen LogP contribution in [0.15, 0.2) is 36.5 Å². The highest BCUT2D eigenvalue weighted by Crippen LogP contribution is 2.32. The van der Waals surface area contributed by atoms with Crippen LogP contribution in [0.1, 0.15) is 19.8 Å². The molecule has 0 spiro atoms. The first-order chi connectivity index (χ1) is 5.79. The van der Waals surface area contributed by atoms with E-state index in [4.69, 9.17) is 0 Å². The first-order valence-corrected chi connectivity index (χ1v) is 4.29. The van der Waals surface area contributed by atoms with E-state index in [9.17, 15) is 4.79 Å². The largest absolute Gasteiger partial charge is 0.294 e. The highest BCUT2D eigenvalue weighted by Gasteiger charge is 2.30. The van der Waals surface area contributed by atoms with Gasteiger partial charge < -0.3 is 0 Å². The summed E-state index contributed by atoms with van der Waals surface area (Å²) in [5, 5.41) is 0. The number of allylic oxidation sites excluding steroid dienone is 5. The molecular formula is C11H14O. The van der Waals surface area contributed by atoms with Crippen molar-refractivity contribution in [1.82, 2.24) is 0 Å². The van der Waals surface area contributed by atoms with Gasteiger partial charge >= 0.3 is 0 Å². The van der Waals surface area contributed by atoms with Gasteiger partial charge in [-0.1, -0.05) is 30.9 Å². The molecule has 12 heavy (non-hydrogen) atoms. The molecule has 0 aromatic rings. The quantitative estimate of drug-likeness (QED) is 0.459. The normalized spacial score (nSPS) is 18.2. The minimum Gasteiger partial charge on any atom is -0.294 e. The molecule has 1 aliphatic carbocycles. The van der Waals surface area contributed by atoms with Gasteiger partial charge in [-0.15, -0.1) is 0 Å². The van der Waals surface area contributed by atoms with Crippen LogP contribution in [0.3, 0.4) is 0 Å². The lowest BCUT2D eigenvalue weighted by molar-refractivity contribution is -0.116. The van der Waals surface area contributed by atoms with Crippen molar-refractivity contribution in [2.75, 3.05) is 0 Å². The van der Waals surface area contributed by atoms with E-state index in [0.717, 1.165) is 18.4 Å². The van der Waals surface area contributed by atoms with Crippen LogP contribution in [-0.2, 0) is 4.79 Å². The van der Waals surface area contributed by atoms with Gasteiger partial charge in [-0.3, -0.25) is 4.79 Å². The third kappa shape index (κ3) is 2.19. The number of hydrogen-bond acceptors (Lipinski definition) is 1. The fraction of sp³-hybridized carbons (Fsp3) is 0.364. The summed E-state index contributed by atoms with van der Waals surface area (Å²) < 4.78 is 0. The Bertz CT molecular complexity index is 242. The molecule has 1 fully saturated rings. The molecule has 64 valence electrons. The van der Waals surface area contributed by atoms with Crippen LogP contribution in [0.25, 0.3) is 0 Å². The highest BCUT2D eigenvalue weighted by molar-refractivity contribution is 6.00. The molecular weight excluding hydrogens is 148 g/mol. The Morgan fingerprint density at radius 3 is 2.58 bits per heavy atom. The summed E-state index contributed by atoms with van der Waals surface area (Å²) in [7, 11) is 0. The van der Waals surface area contributed by atoms with Crippen LogP contribution < -0.4 is 0 Å². The van der Waals surface area contributed by atoms with Gasteiger partial charge in [0.05, 0.1) is 0 Å². The van der Waals surface area contributed by atoms with Gasteiger partial charge in [0.2, 0.25) is 0 Å². The summed E-state index contributed by atoms with van der Waals surface area (Å²) in [5.41, 5.74) is 0.817. The van der Waals surface area contributed by atoms with Crippen molar-refractivity contribution in [1.29, 1.82) is 0 Å².